The second-order valence-corrected chi connectivity index (χ2v) is 7.41. The zero-order valence-corrected chi connectivity index (χ0v) is 16.9. The predicted molar refractivity (Wildman–Crippen MR) is 108 cm³/mol. The van der Waals surface area contributed by atoms with Crippen molar-refractivity contribution in [2.24, 2.45) is 0 Å². The van der Waals surface area contributed by atoms with Gasteiger partial charge in [0.2, 0.25) is 11.8 Å². The zero-order valence-electron chi connectivity index (χ0n) is 16.9. The van der Waals surface area contributed by atoms with Gasteiger partial charge >= 0.3 is 0 Å². The van der Waals surface area contributed by atoms with Crippen molar-refractivity contribution < 1.29 is 23.5 Å². The van der Waals surface area contributed by atoms with E-state index in [2.05, 4.69) is 36.7 Å². The number of amides is 3. The van der Waals surface area contributed by atoms with Crippen LogP contribution in [0.1, 0.15) is 36.9 Å². The minimum absolute atomic E-state index is 0.0819. The molecule has 29 heavy (non-hydrogen) atoms. The lowest BCUT2D eigenvalue weighted by atomic mass is 9.87. The van der Waals surface area contributed by atoms with Gasteiger partial charge in [0.05, 0.1) is 25.9 Å². The van der Waals surface area contributed by atoms with Gasteiger partial charge in [-0.3, -0.25) is 14.4 Å². The molecule has 0 fully saturated rings. The molecule has 0 aliphatic carbocycles. The highest BCUT2D eigenvalue weighted by Gasteiger charge is 2.13. The molecule has 8 nitrogen and oxygen atoms in total. The molecule has 0 aliphatic rings. The van der Waals surface area contributed by atoms with Gasteiger partial charge in [0.15, 0.2) is 5.76 Å². The number of benzene rings is 1. The summed E-state index contributed by atoms with van der Waals surface area (Å²) >= 11 is 0. The summed E-state index contributed by atoms with van der Waals surface area (Å²) in [7, 11) is 0. The summed E-state index contributed by atoms with van der Waals surface area (Å²) in [4.78, 5) is 35.1. The highest BCUT2D eigenvalue weighted by atomic mass is 16.5. The molecule has 3 amide bonds. The average molecular weight is 401 g/mol. The molecule has 1 aromatic carbocycles. The van der Waals surface area contributed by atoms with Crippen molar-refractivity contribution in [1.29, 1.82) is 0 Å². The molecule has 0 atom stereocenters. The van der Waals surface area contributed by atoms with Crippen molar-refractivity contribution in [2.75, 3.05) is 26.2 Å². The van der Waals surface area contributed by atoms with Crippen molar-refractivity contribution in [2.45, 2.75) is 26.2 Å². The Balaban J connectivity index is 1.57. The SMILES string of the molecule is CC(C)(C)c1ccc(OCCNC(=O)CNC(=O)CNC(=O)c2ccco2)cc1. The Morgan fingerprint density at radius 3 is 2.21 bits per heavy atom. The molecule has 0 unspecified atom stereocenters. The molecule has 2 rings (SSSR count). The molecule has 0 radical (unpaired) electrons. The fourth-order valence-electron chi connectivity index (χ4n) is 2.37. The summed E-state index contributed by atoms with van der Waals surface area (Å²) in [5, 5.41) is 7.47. The highest BCUT2D eigenvalue weighted by Crippen LogP contribution is 2.24. The van der Waals surface area contributed by atoms with Gasteiger partial charge in [-0.15, -0.1) is 0 Å². The van der Waals surface area contributed by atoms with E-state index in [1.807, 2.05) is 24.3 Å². The third-order valence-corrected chi connectivity index (χ3v) is 4.01. The monoisotopic (exact) mass is 401 g/mol. The number of rotatable bonds is 9. The molecule has 1 heterocycles. The fourth-order valence-corrected chi connectivity index (χ4v) is 2.37. The van der Waals surface area contributed by atoms with E-state index in [-0.39, 0.29) is 30.2 Å². The van der Waals surface area contributed by atoms with Gasteiger partial charge in [-0.25, -0.2) is 0 Å². The lowest BCUT2D eigenvalue weighted by Gasteiger charge is -2.19. The number of ether oxygens (including phenoxy) is 1. The molecule has 0 saturated heterocycles. The van der Waals surface area contributed by atoms with Gasteiger partial charge < -0.3 is 25.1 Å². The maximum atomic E-state index is 11.8. The van der Waals surface area contributed by atoms with E-state index in [9.17, 15) is 14.4 Å². The summed E-state index contributed by atoms with van der Waals surface area (Å²) in [5.41, 5.74) is 1.30. The van der Waals surface area contributed by atoms with E-state index < -0.39 is 11.8 Å². The second kappa shape index (κ2) is 10.3. The van der Waals surface area contributed by atoms with Crippen LogP contribution in [0.3, 0.4) is 0 Å². The van der Waals surface area contributed by atoms with Crippen molar-refractivity contribution in [1.82, 2.24) is 16.0 Å². The van der Waals surface area contributed by atoms with Crippen LogP contribution >= 0.6 is 0 Å². The van der Waals surface area contributed by atoms with Crippen LogP contribution in [0.15, 0.2) is 47.1 Å². The first-order valence-electron chi connectivity index (χ1n) is 9.34. The summed E-state index contributed by atoms with van der Waals surface area (Å²) in [6.45, 7) is 6.62. The van der Waals surface area contributed by atoms with Crippen LogP contribution < -0.4 is 20.7 Å². The zero-order chi connectivity index (χ0) is 21.3. The molecular weight excluding hydrogens is 374 g/mol. The van der Waals surface area contributed by atoms with Crippen LogP contribution in [0.4, 0.5) is 0 Å². The quantitative estimate of drug-likeness (QED) is 0.553. The number of carbonyl (C=O) groups excluding carboxylic acids is 3. The Morgan fingerprint density at radius 2 is 1.59 bits per heavy atom. The van der Waals surface area contributed by atoms with Crippen LogP contribution in [0, 0.1) is 0 Å². The molecule has 1 aromatic heterocycles. The standard InChI is InChI=1S/C21H27N3O5/c1-21(2,3)15-6-8-16(9-7-15)28-12-10-22-18(25)13-23-19(26)14-24-20(27)17-5-4-11-29-17/h4-9,11H,10,12-14H2,1-3H3,(H,22,25)(H,23,26)(H,24,27). The topological polar surface area (TPSA) is 110 Å². The average Bonchev–Trinajstić information content (AvgIpc) is 3.22. The van der Waals surface area contributed by atoms with Gasteiger partial charge in [-0.2, -0.15) is 0 Å². The lowest BCUT2D eigenvalue weighted by Crippen LogP contribution is -2.42. The van der Waals surface area contributed by atoms with Crippen LogP contribution in [0.5, 0.6) is 5.75 Å². The van der Waals surface area contributed by atoms with Gasteiger partial charge in [0.1, 0.15) is 12.4 Å². The van der Waals surface area contributed by atoms with Gasteiger partial charge in [-0.05, 0) is 35.2 Å². The van der Waals surface area contributed by atoms with E-state index >= 15 is 0 Å². The molecule has 0 bridgehead atoms. The Bertz CT molecular complexity index is 808. The van der Waals surface area contributed by atoms with Crippen LogP contribution in [0.2, 0.25) is 0 Å². The van der Waals surface area contributed by atoms with Crippen molar-refractivity contribution in [3.05, 3.63) is 54.0 Å². The molecular formula is C21H27N3O5. The predicted octanol–water partition coefficient (Wildman–Crippen LogP) is 1.62. The molecule has 156 valence electrons. The summed E-state index contributed by atoms with van der Waals surface area (Å²) in [6, 6.07) is 10.9. The van der Waals surface area contributed by atoms with E-state index in [1.165, 1.54) is 17.9 Å². The highest BCUT2D eigenvalue weighted by molar-refractivity contribution is 5.94. The minimum Gasteiger partial charge on any atom is -0.492 e. The van der Waals surface area contributed by atoms with E-state index in [0.29, 0.717) is 13.2 Å². The third kappa shape index (κ3) is 7.69. The Hall–Kier alpha value is -3.29. The van der Waals surface area contributed by atoms with E-state index in [0.717, 1.165) is 5.75 Å². The van der Waals surface area contributed by atoms with Crippen LogP contribution in [0.25, 0.3) is 0 Å². The van der Waals surface area contributed by atoms with Crippen LogP contribution in [-0.2, 0) is 15.0 Å². The van der Waals surface area contributed by atoms with Gasteiger partial charge in [-0.1, -0.05) is 32.9 Å². The normalized spacial score (nSPS) is 10.9. The van der Waals surface area contributed by atoms with Crippen molar-refractivity contribution in [3.63, 3.8) is 0 Å². The van der Waals surface area contributed by atoms with E-state index in [1.54, 1.807) is 6.07 Å². The first-order valence-corrected chi connectivity index (χ1v) is 9.34. The second-order valence-electron chi connectivity index (χ2n) is 7.41. The maximum Gasteiger partial charge on any atom is 0.287 e. The van der Waals surface area contributed by atoms with Crippen molar-refractivity contribution in [3.8, 4) is 5.75 Å². The number of furan rings is 1. The molecule has 3 N–H and O–H groups in total. The fraction of sp³-hybridized carbons (Fsp3) is 0.381. The summed E-state index contributed by atoms with van der Waals surface area (Å²) < 4.78 is 10.5. The number of hydrogen-bond acceptors (Lipinski definition) is 5. The van der Waals surface area contributed by atoms with Crippen LogP contribution in [-0.4, -0.2) is 44.0 Å². The number of hydrogen-bond donors (Lipinski definition) is 3. The Morgan fingerprint density at radius 1 is 0.931 bits per heavy atom. The third-order valence-electron chi connectivity index (χ3n) is 4.01. The smallest absolute Gasteiger partial charge is 0.287 e. The lowest BCUT2D eigenvalue weighted by molar-refractivity contribution is -0.125. The minimum atomic E-state index is -0.498. The molecule has 8 heteroatoms. The molecule has 0 saturated carbocycles. The van der Waals surface area contributed by atoms with Crippen molar-refractivity contribution >= 4 is 17.7 Å². The first-order chi connectivity index (χ1) is 13.8. The van der Waals surface area contributed by atoms with Gasteiger partial charge in [0, 0.05) is 0 Å². The molecule has 0 spiro atoms. The number of nitrogens with one attached hydrogen (secondary N) is 3. The first kappa shape index (κ1) is 22.0. The molecule has 2 aromatic rings. The largest absolute Gasteiger partial charge is 0.492 e. The summed E-state index contributed by atoms with van der Waals surface area (Å²) in [5.74, 6) is -0.476. The number of carbonyl (C=O) groups is 3. The Labute approximate surface area is 170 Å². The maximum absolute atomic E-state index is 11.8. The Kier molecular flexibility index (Phi) is 7.82. The summed E-state index contributed by atoms with van der Waals surface area (Å²) in [6.07, 6.45) is 1.37. The van der Waals surface area contributed by atoms with Gasteiger partial charge in [0.25, 0.3) is 5.91 Å². The molecule has 0 aliphatic heterocycles. The van der Waals surface area contributed by atoms with E-state index in [4.69, 9.17) is 9.15 Å².